The van der Waals surface area contributed by atoms with Gasteiger partial charge in [-0.1, -0.05) is 12.1 Å². The average molecular weight is 412 g/mol. The molecule has 0 spiro atoms. The molecular formula is C15H17AsN2O7. The van der Waals surface area contributed by atoms with Gasteiger partial charge in [-0.3, -0.25) is 10.1 Å². The van der Waals surface area contributed by atoms with Crippen molar-refractivity contribution in [2.24, 2.45) is 0 Å². The summed E-state index contributed by atoms with van der Waals surface area (Å²) in [4.78, 5) is 20.5. The maximum absolute atomic E-state index is 11.3. The van der Waals surface area contributed by atoms with Crippen molar-refractivity contribution in [3.05, 3.63) is 64.2 Å². The van der Waals surface area contributed by atoms with Gasteiger partial charge in [0.05, 0.1) is 4.92 Å². The van der Waals surface area contributed by atoms with Crippen LogP contribution in [0.5, 0.6) is 0 Å². The molecule has 2 rings (SSSR count). The molecule has 0 radical (unpaired) electrons. The number of carbonyl (C=O) groups excluding carboxylic acids is 1. The summed E-state index contributed by atoms with van der Waals surface area (Å²) in [5, 5.41) is 20.8. The van der Waals surface area contributed by atoms with Crippen molar-refractivity contribution in [3.63, 3.8) is 0 Å². The SMILES string of the molecule is CC(=O)Nc1cccc([As](=O)(O)OO)c1.Cc1cccc([N+](=O)[O-])c1. The topological polar surface area (TPSA) is 139 Å². The van der Waals surface area contributed by atoms with Gasteiger partial charge in [0.25, 0.3) is 5.69 Å². The van der Waals surface area contributed by atoms with Gasteiger partial charge in [0.1, 0.15) is 0 Å². The minimum Gasteiger partial charge on any atom is -0.258 e. The quantitative estimate of drug-likeness (QED) is 0.300. The molecule has 2 aromatic carbocycles. The van der Waals surface area contributed by atoms with E-state index in [0.29, 0.717) is 5.69 Å². The number of anilines is 1. The molecule has 25 heavy (non-hydrogen) atoms. The summed E-state index contributed by atoms with van der Waals surface area (Å²) in [6.07, 6.45) is 0. The first-order valence-electron chi connectivity index (χ1n) is 6.91. The number of benzene rings is 2. The first-order chi connectivity index (χ1) is 11.7. The van der Waals surface area contributed by atoms with E-state index >= 15 is 0 Å². The van der Waals surface area contributed by atoms with Gasteiger partial charge in [-0.15, -0.1) is 0 Å². The Labute approximate surface area is 146 Å². The summed E-state index contributed by atoms with van der Waals surface area (Å²) in [5.74, 6) is -0.294. The third-order valence-corrected chi connectivity index (χ3v) is 5.23. The molecule has 134 valence electrons. The van der Waals surface area contributed by atoms with E-state index < -0.39 is 19.1 Å². The second kappa shape index (κ2) is 9.14. The molecule has 0 aliphatic rings. The molecule has 9 nitrogen and oxygen atoms in total. The predicted octanol–water partition coefficient (Wildman–Crippen LogP) is 1.61. The monoisotopic (exact) mass is 412 g/mol. The van der Waals surface area contributed by atoms with Crippen LogP contribution in [-0.4, -0.2) is 34.4 Å². The third kappa shape index (κ3) is 6.90. The van der Waals surface area contributed by atoms with E-state index in [-0.39, 0.29) is 15.9 Å². The smallest absolute Gasteiger partial charge is 0.258 e. The summed E-state index contributed by atoms with van der Waals surface area (Å²) in [6, 6.07) is 12.2. The van der Waals surface area contributed by atoms with Crippen molar-refractivity contribution >= 4 is 35.8 Å². The molecule has 1 atom stereocenters. The molecule has 10 heteroatoms. The second-order valence-electron chi connectivity index (χ2n) is 4.93. The Kier molecular flexibility index (Phi) is 7.53. The summed E-state index contributed by atoms with van der Waals surface area (Å²) in [5.41, 5.74) is 1.43. The molecule has 0 heterocycles. The zero-order valence-corrected chi connectivity index (χ0v) is 15.3. The van der Waals surface area contributed by atoms with Crippen LogP contribution in [-0.2, 0) is 12.4 Å². The number of amides is 1. The Morgan fingerprint density at radius 1 is 1.24 bits per heavy atom. The van der Waals surface area contributed by atoms with Crippen LogP contribution >= 0.6 is 0 Å². The molecule has 0 fully saturated rings. The predicted molar refractivity (Wildman–Crippen MR) is 90.6 cm³/mol. The number of rotatable bonds is 4. The molecule has 0 aliphatic carbocycles. The summed E-state index contributed by atoms with van der Waals surface area (Å²) in [6.45, 7) is 3.14. The van der Waals surface area contributed by atoms with Crippen LogP contribution in [0.3, 0.4) is 0 Å². The van der Waals surface area contributed by atoms with Gasteiger partial charge in [-0.05, 0) is 12.5 Å². The van der Waals surface area contributed by atoms with E-state index in [1.165, 1.54) is 31.2 Å². The van der Waals surface area contributed by atoms with Crippen LogP contribution < -0.4 is 9.67 Å². The molecule has 0 aliphatic heterocycles. The fourth-order valence-electron chi connectivity index (χ4n) is 1.75. The van der Waals surface area contributed by atoms with Crippen molar-refractivity contribution in [2.75, 3.05) is 5.32 Å². The van der Waals surface area contributed by atoms with E-state index in [1.54, 1.807) is 18.2 Å². The largest absolute Gasteiger partial charge is 0.269 e. The fourth-order valence-corrected chi connectivity index (χ4v) is 3.16. The molecule has 0 bridgehead atoms. The fraction of sp³-hybridized carbons (Fsp3) is 0.133. The number of nitro groups is 1. The van der Waals surface area contributed by atoms with E-state index in [1.807, 2.05) is 13.0 Å². The standard InChI is InChI=1S/C8H10AsNO5.C7H7NO2/c1-6(11)10-8-4-2-3-7(5-8)9(12,13)15-14;1-6-3-2-4-7(5-6)8(9)10/h2-5,14H,1H3,(H,10,11)(H,12,13);2-5H,1H3. The van der Waals surface area contributed by atoms with Crippen molar-refractivity contribution < 1.29 is 26.7 Å². The van der Waals surface area contributed by atoms with Crippen LogP contribution in [0.15, 0.2) is 48.5 Å². The normalized spacial score (nSPS) is 12.3. The Balaban J connectivity index is 0.000000271. The number of nitro benzene ring substituents is 1. The first kappa shape index (κ1) is 20.6. The van der Waals surface area contributed by atoms with Crippen molar-refractivity contribution in [3.8, 4) is 0 Å². The maximum atomic E-state index is 11.3. The molecule has 1 amide bonds. The van der Waals surface area contributed by atoms with Crippen LogP contribution in [0.2, 0.25) is 0 Å². The number of hydrogen-bond donors (Lipinski definition) is 3. The van der Waals surface area contributed by atoms with Gasteiger partial charge in [-0.25, -0.2) is 0 Å². The summed E-state index contributed by atoms with van der Waals surface area (Å²) >= 11 is -4.83. The molecular weight excluding hydrogens is 395 g/mol. The number of nitrogens with zero attached hydrogens (tertiary/aromatic N) is 1. The van der Waals surface area contributed by atoms with Crippen LogP contribution in [0, 0.1) is 17.0 Å². The number of carbonyl (C=O) groups is 1. The van der Waals surface area contributed by atoms with E-state index in [2.05, 4.69) is 9.19 Å². The third-order valence-electron chi connectivity index (χ3n) is 2.82. The first-order valence-corrected chi connectivity index (χ1v) is 10.2. The molecule has 2 aromatic rings. The second-order valence-corrected chi connectivity index (χ2v) is 8.54. The van der Waals surface area contributed by atoms with Gasteiger partial charge in [0.2, 0.25) is 0 Å². The summed E-state index contributed by atoms with van der Waals surface area (Å²) < 4.78 is 23.9. The summed E-state index contributed by atoms with van der Waals surface area (Å²) in [7, 11) is 0. The zero-order chi connectivity index (χ0) is 19.0. The van der Waals surface area contributed by atoms with Gasteiger partial charge in [0, 0.05) is 12.1 Å². The van der Waals surface area contributed by atoms with E-state index in [4.69, 9.17) is 5.26 Å². The Hall–Kier alpha value is -2.45. The number of aryl methyl sites for hydroxylation is 1. The molecule has 3 N–H and O–H groups in total. The molecule has 0 aromatic heterocycles. The van der Waals surface area contributed by atoms with Crippen molar-refractivity contribution in [2.45, 2.75) is 13.8 Å². The Morgan fingerprint density at radius 2 is 1.88 bits per heavy atom. The van der Waals surface area contributed by atoms with E-state index in [9.17, 15) is 22.7 Å². The molecule has 0 saturated carbocycles. The van der Waals surface area contributed by atoms with E-state index in [0.717, 1.165) is 5.56 Å². The molecule has 1 unspecified atom stereocenters. The minimum atomic E-state index is -4.83. The Morgan fingerprint density at radius 3 is 2.36 bits per heavy atom. The van der Waals surface area contributed by atoms with Crippen LogP contribution in [0.1, 0.15) is 12.5 Å². The minimum absolute atomic E-state index is 0.0399. The zero-order valence-electron chi connectivity index (χ0n) is 13.4. The number of hydrogen-bond acceptors (Lipinski definition) is 6. The van der Waals surface area contributed by atoms with Crippen molar-refractivity contribution in [1.82, 2.24) is 0 Å². The van der Waals surface area contributed by atoms with Gasteiger partial charge in [-0.2, -0.15) is 0 Å². The van der Waals surface area contributed by atoms with Crippen LogP contribution in [0.25, 0.3) is 0 Å². The van der Waals surface area contributed by atoms with Gasteiger partial charge >= 0.3 is 88.4 Å². The number of nitrogens with one attached hydrogen (secondary N) is 1. The van der Waals surface area contributed by atoms with Crippen molar-refractivity contribution in [1.29, 1.82) is 0 Å². The number of non-ortho nitro benzene ring substituents is 1. The van der Waals surface area contributed by atoms with Crippen LogP contribution in [0.4, 0.5) is 11.4 Å². The average Bonchev–Trinajstić information content (AvgIpc) is 2.55. The maximum Gasteiger partial charge on any atom is 0.269 e. The molecule has 0 saturated heterocycles. The Bertz CT molecular complexity index is 810. The van der Waals surface area contributed by atoms with Gasteiger partial charge < -0.3 is 0 Å². The van der Waals surface area contributed by atoms with Gasteiger partial charge in [0.15, 0.2) is 0 Å².